The van der Waals surface area contributed by atoms with E-state index in [4.69, 9.17) is 13.6 Å². The molecule has 0 spiro atoms. The third kappa shape index (κ3) is 3.59. The van der Waals surface area contributed by atoms with Gasteiger partial charge < -0.3 is 18.5 Å². The molecule has 3 heterocycles. The topological polar surface area (TPSA) is 76.1 Å². The summed E-state index contributed by atoms with van der Waals surface area (Å²) < 4.78 is 15.7. The van der Waals surface area contributed by atoms with Crippen LogP contribution in [0.1, 0.15) is 16.1 Å². The third-order valence-electron chi connectivity index (χ3n) is 4.82. The van der Waals surface area contributed by atoms with Gasteiger partial charge in [-0.3, -0.25) is 9.69 Å². The summed E-state index contributed by atoms with van der Waals surface area (Å²) in [6.45, 7) is 3.31. The summed E-state index contributed by atoms with van der Waals surface area (Å²) in [5.41, 5.74) is 1.05. The average Bonchev–Trinajstić information content (AvgIpc) is 3.22. The molecule has 27 heavy (non-hydrogen) atoms. The molecule has 1 aliphatic heterocycles. The standard InChI is InChI=1S/C20H20N2O5/c1-25-15-4-5-16-14(11-19(23)27-18(16)12-15)13-21-6-8-22(9-7-21)20(24)17-3-2-10-26-17/h2-5,10-12H,6-9,13H2,1H3. The van der Waals surface area contributed by atoms with Gasteiger partial charge in [0.1, 0.15) is 11.3 Å². The second-order valence-electron chi connectivity index (χ2n) is 6.50. The molecule has 1 amide bonds. The van der Waals surface area contributed by atoms with Gasteiger partial charge in [-0.2, -0.15) is 0 Å². The van der Waals surface area contributed by atoms with Crippen LogP contribution in [0.4, 0.5) is 0 Å². The van der Waals surface area contributed by atoms with E-state index in [9.17, 15) is 9.59 Å². The maximum atomic E-state index is 12.4. The summed E-state index contributed by atoms with van der Waals surface area (Å²) >= 11 is 0. The van der Waals surface area contributed by atoms with E-state index in [0.29, 0.717) is 36.7 Å². The fourth-order valence-electron chi connectivity index (χ4n) is 3.37. The van der Waals surface area contributed by atoms with Crippen molar-refractivity contribution in [3.8, 4) is 5.75 Å². The van der Waals surface area contributed by atoms with E-state index in [1.165, 1.54) is 12.3 Å². The Morgan fingerprint density at radius 3 is 2.67 bits per heavy atom. The lowest BCUT2D eigenvalue weighted by Crippen LogP contribution is -2.48. The fourth-order valence-corrected chi connectivity index (χ4v) is 3.37. The number of piperazine rings is 1. The van der Waals surface area contributed by atoms with Crippen molar-refractivity contribution >= 4 is 16.9 Å². The van der Waals surface area contributed by atoms with Crippen molar-refractivity contribution in [1.82, 2.24) is 9.80 Å². The number of nitrogens with zero attached hydrogens (tertiary/aromatic N) is 2. The molecule has 0 bridgehead atoms. The minimum atomic E-state index is -0.377. The van der Waals surface area contributed by atoms with Gasteiger partial charge in [-0.15, -0.1) is 0 Å². The summed E-state index contributed by atoms with van der Waals surface area (Å²) in [4.78, 5) is 28.3. The van der Waals surface area contributed by atoms with Gasteiger partial charge in [-0.05, 0) is 29.8 Å². The Labute approximate surface area is 155 Å². The zero-order valence-corrected chi connectivity index (χ0v) is 15.0. The van der Waals surface area contributed by atoms with Crippen LogP contribution in [0, 0.1) is 0 Å². The van der Waals surface area contributed by atoms with Gasteiger partial charge in [0.05, 0.1) is 13.4 Å². The predicted octanol–water partition coefficient (Wildman–Crippen LogP) is 2.35. The smallest absolute Gasteiger partial charge is 0.336 e. The molecule has 140 valence electrons. The van der Waals surface area contributed by atoms with E-state index in [-0.39, 0.29) is 11.5 Å². The van der Waals surface area contributed by atoms with Gasteiger partial charge in [0.2, 0.25) is 0 Å². The minimum absolute atomic E-state index is 0.0856. The van der Waals surface area contributed by atoms with Crippen LogP contribution in [-0.2, 0) is 6.54 Å². The lowest BCUT2D eigenvalue weighted by atomic mass is 10.1. The van der Waals surface area contributed by atoms with Crippen molar-refractivity contribution < 1.29 is 18.4 Å². The highest BCUT2D eigenvalue weighted by molar-refractivity contribution is 5.91. The zero-order chi connectivity index (χ0) is 18.8. The number of furan rings is 1. The van der Waals surface area contributed by atoms with Gasteiger partial charge in [0, 0.05) is 50.2 Å². The number of benzene rings is 1. The van der Waals surface area contributed by atoms with Gasteiger partial charge in [-0.1, -0.05) is 0 Å². The third-order valence-corrected chi connectivity index (χ3v) is 4.82. The molecule has 0 radical (unpaired) electrons. The Morgan fingerprint density at radius 1 is 1.15 bits per heavy atom. The van der Waals surface area contributed by atoms with Gasteiger partial charge in [0.25, 0.3) is 5.91 Å². The molecule has 1 aliphatic rings. The number of rotatable bonds is 4. The second-order valence-corrected chi connectivity index (χ2v) is 6.50. The first-order valence-corrected chi connectivity index (χ1v) is 8.80. The number of ether oxygens (including phenoxy) is 1. The molecule has 0 saturated carbocycles. The van der Waals surface area contributed by atoms with E-state index in [0.717, 1.165) is 24.0 Å². The molecule has 1 aromatic carbocycles. The summed E-state index contributed by atoms with van der Waals surface area (Å²) in [7, 11) is 1.58. The lowest BCUT2D eigenvalue weighted by molar-refractivity contribution is 0.0598. The summed E-state index contributed by atoms with van der Waals surface area (Å²) in [5.74, 6) is 0.925. The van der Waals surface area contributed by atoms with E-state index in [2.05, 4.69) is 4.90 Å². The van der Waals surface area contributed by atoms with Crippen LogP contribution < -0.4 is 10.4 Å². The first-order valence-electron chi connectivity index (χ1n) is 8.80. The molecule has 2 aromatic heterocycles. The van der Waals surface area contributed by atoms with Crippen LogP contribution in [0.3, 0.4) is 0 Å². The Balaban J connectivity index is 1.47. The SMILES string of the molecule is COc1ccc2c(CN3CCN(C(=O)c4ccco4)CC3)cc(=O)oc2c1. The Kier molecular flexibility index (Phi) is 4.68. The molecule has 0 N–H and O–H groups in total. The minimum Gasteiger partial charge on any atom is -0.497 e. The van der Waals surface area contributed by atoms with E-state index in [1.807, 2.05) is 12.1 Å². The molecule has 0 aliphatic carbocycles. The van der Waals surface area contributed by atoms with Gasteiger partial charge in [0.15, 0.2) is 5.76 Å². The van der Waals surface area contributed by atoms with Gasteiger partial charge in [-0.25, -0.2) is 4.79 Å². The Morgan fingerprint density at radius 2 is 1.96 bits per heavy atom. The number of hydrogen-bond acceptors (Lipinski definition) is 6. The molecule has 7 heteroatoms. The molecule has 1 fully saturated rings. The lowest BCUT2D eigenvalue weighted by Gasteiger charge is -2.34. The molecule has 0 atom stereocenters. The van der Waals surface area contributed by atoms with Crippen LogP contribution in [0.5, 0.6) is 5.75 Å². The molecule has 0 unspecified atom stereocenters. The maximum absolute atomic E-state index is 12.4. The number of carbonyl (C=O) groups excluding carboxylic acids is 1. The molecular weight excluding hydrogens is 348 g/mol. The van der Waals surface area contributed by atoms with E-state index < -0.39 is 0 Å². The molecule has 1 saturated heterocycles. The van der Waals surface area contributed by atoms with Crippen molar-refractivity contribution in [3.05, 3.63) is 64.4 Å². The maximum Gasteiger partial charge on any atom is 0.336 e. The zero-order valence-electron chi connectivity index (χ0n) is 15.0. The first kappa shape index (κ1) is 17.4. The highest BCUT2D eigenvalue weighted by atomic mass is 16.5. The highest BCUT2D eigenvalue weighted by Crippen LogP contribution is 2.24. The van der Waals surface area contributed by atoms with Crippen molar-refractivity contribution in [2.75, 3.05) is 33.3 Å². The first-order chi connectivity index (χ1) is 13.1. The quantitative estimate of drug-likeness (QED) is 0.658. The summed E-state index contributed by atoms with van der Waals surface area (Å²) in [6, 6.07) is 10.4. The summed E-state index contributed by atoms with van der Waals surface area (Å²) in [6.07, 6.45) is 1.50. The van der Waals surface area contributed by atoms with E-state index in [1.54, 1.807) is 30.2 Å². The molecule has 7 nitrogen and oxygen atoms in total. The molecule has 4 rings (SSSR count). The number of methoxy groups -OCH3 is 1. The number of hydrogen-bond donors (Lipinski definition) is 0. The van der Waals surface area contributed by atoms with Gasteiger partial charge >= 0.3 is 5.63 Å². The van der Waals surface area contributed by atoms with Crippen LogP contribution in [0.25, 0.3) is 11.0 Å². The predicted molar refractivity (Wildman–Crippen MR) is 98.9 cm³/mol. The van der Waals surface area contributed by atoms with Crippen molar-refractivity contribution in [2.24, 2.45) is 0 Å². The summed E-state index contributed by atoms with van der Waals surface area (Å²) in [5, 5.41) is 0.893. The Bertz CT molecular complexity index is 1000. The van der Waals surface area contributed by atoms with Crippen LogP contribution in [0.2, 0.25) is 0 Å². The number of carbonyl (C=O) groups is 1. The fraction of sp³-hybridized carbons (Fsp3) is 0.300. The second kappa shape index (κ2) is 7.28. The van der Waals surface area contributed by atoms with Crippen molar-refractivity contribution in [2.45, 2.75) is 6.54 Å². The monoisotopic (exact) mass is 368 g/mol. The normalized spacial score (nSPS) is 15.2. The molecule has 3 aromatic rings. The number of amides is 1. The van der Waals surface area contributed by atoms with Crippen molar-refractivity contribution in [1.29, 1.82) is 0 Å². The highest BCUT2D eigenvalue weighted by Gasteiger charge is 2.24. The number of fused-ring (bicyclic) bond motifs is 1. The van der Waals surface area contributed by atoms with Crippen LogP contribution in [-0.4, -0.2) is 49.0 Å². The largest absolute Gasteiger partial charge is 0.497 e. The Hall–Kier alpha value is -3.06. The van der Waals surface area contributed by atoms with Crippen LogP contribution in [0.15, 0.2) is 56.3 Å². The van der Waals surface area contributed by atoms with Crippen molar-refractivity contribution in [3.63, 3.8) is 0 Å². The average molecular weight is 368 g/mol. The van der Waals surface area contributed by atoms with E-state index >= 15 is 0 Å². The van der Waals surface area contributed by atoms with Crippen LogP contribution >= 0.6 is 0 Å². The molecular formula is C20H20N2O5.